The molecular weight excluding hydrogens is 589 g/mol. The fraction of sp³-hybridized carbons (Fsp3) is 0.312. The molecule has 2 aliphatic rings. The van der Waals surface area contributed by atoms with Gasteiger partial charge in [-0.2, -0.15) is 0 Å². The van der Waals surface area contributed by atoms with Crippen molar-refractivity contribution < 1.29 is 28.2 Å². The molecule has 1 saturated carbocycles. The number of nitrogens with zero attached hydrogens (tertiary/aromatic N) is 3. The van der Waals surface area contributed by atoms with Crippen LogP contribution in [0, 0.1) is 17.2 Å². The predicted molar refractivity (Wildman–Crippen MR) is 163 cm³/mol. The standard InChI is InChI=1S/C32H31ClFN5O5/c1-42-27-15-23-25(16-28(27)43-18-19-6-11-36-12-7-19)37-13-8-26(23)44-29-24(33)14-22(17-38-29)39(21-4-2-20(34)3-5-21)31(41)32(9-10-32)30(35)40/h2-5,8,13-17,19,36H,6-7,9-12,18H2,1H3,(H2,35,40). The second kappa shape index (κ2) is 12.3. The molecule has 10 nitrogen and oxygen atoms in total. The number of hydrogen-bond donors (Lipinski definition) is 2. The van der Waals surface area contributed by atoms with Gasteiger partial charge in [-0.05, 0) is 87.2 Å². The minimum atomic E-state index is -1.33. The average molecular weight is 620 g/mol. The fourth-order valence-corrected chi connectivity index (χ4v) is 5.54. The molecule has 2 fully saturated rings. The summed E-state index contributed by atoms with van der Waals surface area (Å²) in [6.07, 6.45) is 5.77. The van der Waals surface area contributed by atoms with E-state index in [1.54, 1.807) is 25.4 Å². The summed E-state index contributed by atoms with van der Waals surface area (Å²) >= 11 is 6.64. The molecule has 0 unspecified atom stereocenters. The normalized spacial score (nSPS) is 15.9. The second-order valence-corrected chi connectivity index (χ2v) is 11.4. The Bertz CT molecular complexity index is 1710. The summed E-state index contributed by atoms with van der Waals surface area (Å²) in [6.45, 7) is 2.55. The number of nitrogens with two attached hydrogens (primary N) is 1. The first kappa shape index (κ1) is 29.6. The van der Waals surface area contributed by atoms with Crippen LogP contribution in [-0.2, 0) is 9.59 Å². The van der Waals surface area contributed by atoms with Crippen LogP contribution in [0.15, 0.2) is 60.9 Å². The molecule has 228 valence electrons. The van der Waals surface area contributed by atoms with Crippen LogP contribution in [0.3, 0.4) is 0 Å². The van der Waals surface area contributed by atoms with Crippen LogP contribution in [-0.4, -0.2) is 48.6 Å². The monoisotopic (exact) mass is 619 g/mol. The smallest absolute Gasteiger partial charge is 0.247 e. The van der Waals surface area contributed by atoms with Gasteiger partial charge in [-0.25, -0.2) is 9.37 Å². The van der Waals surface area contributed by atoms with Crippen molar-refractivity contribution in [1.29, 1.82) is 0 Å². The lowest BCUT2D eigenvalue weighted by Crippen LogP contribution is -2.41. The van der Waals surface area contributed by atoms with E-state index < -0.39 is 23.0 Å². The molecule has 4 aromatic rings. The van der Waals surface area contributed by atoms with Crippen LogP contribution < -0.4 is 30.2 Å². The number of anilines is 2. The Kier molecular flexibility index (Phi) is 8.24. The number of amides is 2. The SMILES string of the molecule is COc1cc2c(Oc3ncc(N(C(=O)C4(C(N)=O)CC4)c4ccc(F)cc4)cc3Cl)ccnc2cc1OCC1CCNCC1. The largest absolute Gasteiger partial charge is 0.493 e. The van der Waals surface area contributed by atoms with Gasteiger partial charge in [0.2, 0.25) is 17.7 Å². The number of aromatic nitrogens is 2. The number of rotatable bonds is 10. The summed E-state index contributed by atoms with van der Waals surface area (Å²) in [5.74, 6) is 0.387. The lowest BCUT2D eigenvalue weighted by atomic mass is 9.99. The first-order chi connectivity index (χ1) is 21.3. The lowest BCUT2D eigenvalue weighted by molar-refractivity contribution is -0.133. The van der Waals surface area contributed by atoms with Gasteiger partial charge in [0.05, 0.1) is 31.1 Å². The van der Waals surface area contributed by atoms with Gasteiger partial charge in [-0.15, -0.1) is 0 Å². The molecule has 1 aliphatic carbocycles. The first-order valence-corrected chi connectivity index (χ1v) is 14.7. The minimum Gasteiger partial charge on any atom is -0.493 e. The zero-order chi connectivity index (χ0) is 30.8. The van der Waals surface area contributed by atoms with E-state index in [0.29, 0.717) is 59.2 Å². The van der Waals surface area contributed by atoms with Crippen molar-refractivity contribution in [3.63, 3.8) is 0 Å². The zero-order valence-electron chi connectivity index (χ0n) is 24.0. The van der Waals surface area contributed by atoms with Crippen LogP contribution in [0.25, 0.3) is 10.9 Å². The van der Waals surface area contributed by atoms with Gasteiger partial charge in [0, 0.05) is 23.3 Å². The molecule has 0 radical (unpaired) electrons. The van der Waals surface area contributed by atoms with Gasteiger partial charge in [-0.3, -0.25) is 19.5 Å². The Hall–Kier alpha value is -4.48. The third-order valence-electron chi connectivity index (χ3n) is 8.10. The number of methoxy groups -OCH3 is 1. The van der Waals surface area contributed by atoms with E-state index in [-0.39, 0.29) is 16.6 Å². The zero-order valence-corrected chi connectivity index (χ0v) is 24.8. The second-order valence-electron chi connectivity index (χ2n) is 11.0. The summed E-state index contributed by atoms with van der Waals surface area (Å²) in [4.78, 5) is 36.0. The van der Waals surface area contributed by atoms with Crippen LogP contribution in [0.5, 0.6) is 23.1 Å². The third-order valence-corrected chi connectivity index (χ3v) is 8.37. The van der Waals surface area contributed by atoms with Crippen LogP contribution in [0.2, 0.25) is 5.02 Å². The minimum absolute atomic E-state index is 0.0793. The van der Waals surface area contributed by atoms with Crippen molar-refractivity contribution in [3.8, 4) is 23.1 Å². The van der Waals surface area contributed by atoms with E-state index in [1.807, 2.05) is 6.07 Å². The molecule has 2 aromatic heterocycles. The number of halogens is 2. The first-order valence-electron chi connectivity index (χ1n) is 14.3. The molecule has 3 N–H and O–H groups in total. The number of nitrogens with one attached hydrogen (secondary N) is 1. The molecule has 0 spiro atoms. The maximum Gasteiger partial charge on any atom is 0.247 e. The molecule has 0 atom stereocenters. The molecule has 6 rings (SSSR count). The van der Waals surface area contributed by atoms with Crippen molar-refractivity contribution >= 4 is 45.7 Å². The van der Waals surface area contributed by atoms with E-state index >= 15 is 0 Å². The molecule has 12 heteroatoms. The van der Waals surface area contributed by atoms with Gasteiger partial charge in [0.25, 0.3) is 0 Å². The van der Waals surface area contributed by atoms with Crippen molar-refractivity contribution in [2.45, 2.75) is 25.7 Å². The van der Waals surface area contributed by atoms with Crippen molar-refractivity contribution in [3.05, 3.63) is 71.8 Å². The van der Waals surface area contributed by atoms with Crippen molar-refractivity contribution in [2.24, 2.45) is 17.1 Å². The molecule has 1 aliphatic heterocycles. The van der Waals surface area contributed by atoms with E-state index in [1.165, 1.54) is 41.4 Å². The highest BCUT2D eigenvalue weighted by atomic mass is 35.5. The quantitative estimate of drug-likeness (QED) is 0.222. The lowest BCUT2D eigenvalue weighted by Gasteiger charge is -2.26. The van der Waals surface area contributed by atoms with Crippen molar-refractivity contribution in [2.75, 3.05) is 31.7 Å². The molecule has 3 heterocycles. The van der Waals surface area contributed by atoms with Gasteiger partial charge < -0.3 is 25.3 Å². The van der Waals surface area contributed by atoms with E-state index in [9.17, 15) is 14.0 Å². The highest BCUT2D eigenvalue weighted by Crippen LogP contribution is 2.49. The Balaban J connectivity index is 1.28. The topological polar surface area (TPSA) is 129 Å². The Morgan fingerprint density at radius 3 is 2.45 bits per heavy atom. The molecule has 2 amide bonds. The average Bonchev–Trinajstić information content (AvgIpc) is 3.85. The number of benzene rings is 2. The molecule has 44 heavy (non-hydrogen) atoms. The molecule has 1 saturated heterocycles. The van der Waals surface area contributed by atoms with Crippen molar-refractivity contribution in [1.82, 2.24) is 15.3 Å². The number of fused-ring (bicyclic) bond motifs is 1. The Morgan fingerprint density at radius 1 is 1.05 bits per heavy atom. The van der Waals surface area contributed by atoms with Crippen LogP contribution in [0.4, 0.5) is 15.8 Å². The van der Waals surface area contributed by atoms with Gasteiger partial charge in [0.1, 0.15) is 22.0 Å². The van der Waals surface area contributed by atoms with Crippen LogP contribution >= 0.6 is 11.6 Å². The number of pyridine rings is 2. The maximum atomic E-state index is 13.7. The van der Waals surface area contributed by atoms with E-state index in [4.69, 9.17) is 31.5 Å². The summed E-state index contributed by atoms with van der Waals surface area (Å²) in [7, 11) is 1.57. The van der Waals surface area contributed by atoms with E-state index in [0.717, 1.165) is 25.9 Å². The molecule has 0 bridgehead atoms. The number of primary amides is 1. The third kappa shape index (κ3) is 5.85. The van der Waals surface area contributed by atoms with Gasteiger partial charge >= 0.3 is 0 Å². The number of hydrogen-bond acceptors (Lipinski definition) is 8. The Morgan fingerprint density at radius 2 is 1.80 bits per heavy atom. The fourth-order valence-electron chi connectivity index (χ4n) is 5.34. The molecular formula is C32H31ClFN5O5. The predicted octanol–water partition coefficient (Wildman–Crippen LogP) is 5.53. The summed E-state index contributed by atoms with van der Waals surface area (Å²) in [6, 6.07) is 12.1. The highest BCUT2D eigenvalue weighted by Gasteiger charge is 2.57. The number of ether oxygens (including phenoxy) is 3. The molecule has 2 aromatic carbocycles. The van der Waals surface area contributed by atoms with Gasteiger partial charge in [-0.1, -0.05) is 11.6 Å². The van der Waals surface area contributed by atoms with Crippen LogP contribution in [0.1, 0.15) is 25.7 Å². The summed E-state index contributed by atoms with van der Waals surface area (Å²) in [5.41, 5.74) is 5.48. The van der Waals surface area contributed by atoms with Gasteiger partial charge in [0.15, 0.2) is 11.5 Å². The Labute approximate surface area is 258 Å². The summed E-state index contributed by atoms with van der Waals surface area (Å²) < 4.78 is 31.6. The highest BCUT2D eigenvalue weighted by molar-refractivity contribution is 6.32. The number of carbonyl (C=O) groups is 2. The van der Waals surface area contributed by atoms with E-state index in [2.05, 4.69) is 15.3 Å². The summed E-state index contributed by atoms with van der Waals surface area (Å²) in [5, 5.41) is 4.12. The number of carbonyl (C=O) groups excluding carboxylic acids is 2. The maximum absolute atomic E-state index is 13.7. The number of piperidine rings is 1.